The van der Waals surface area contributed by atoms with Gasteiger partial charge in [-0.15, -0.1) is 0 Å². The van der Waals surface area contributed by atoms with Crippen molar-refractivity contribution in [2.45, 2.75) is 24.2 Å². The van der Waals surface area contributed by atoms with Gasteiger partial charge in [-0.1, -0.05) is 23.7 Å². The number of amides is 1. The third-order valence-electron chi connectivity index (χ3n) is 6.32. The SMILES string of the molecule is CN(CCC(=O)NC1=CC=C(N2CCN(c3ccncc3)CC2)CC1)S(=O)(=O)c1ccccc1Cl. The maximum absolute atomic E-state index is 12.7. The fourth-order valence-electron chi connectivity index (χ4n) is 4.24. The number of allylic oxidation sites excluding steroid dienone is 4. The fourth-order valence-corrected chi connectivity index (χ4v) is 5.90. The molecule has 1 saturated heterocycles. The van der Waals surface area contributed by atoms with Gasteiger partial charge in [0.05, 0.1) is 5.02 Å². The second kappa shape index (κ2) is 11.2. The summed E-state index contributed by atoms with van der Waals surface area (Å²) in [6.45, 7) is 3.89. The highest BCUT2D eigenvalue weighted by atomic mass is 35.5. The van der Waals surface area contributed by atoms with Crippen molar-refractivity contribution in [3.63, 3.8) is 0 Å². The van der Waals surface area contributed by atoms with Crippen LogP contribution in [0.4, 0.5) is 5.69 Å². The summed E-state index contributed by atoms with van der Waals surface area (Å²) in [4.78, 5) is 21.4. The predicted molar refractivity (Wildman–Crippen MR) is 137 cm³/mol. The van der Waals surface area contributed by atoms with E-state index in [9.17, 15) is 13.2 Å². The zero-order valence-corrected chi connectivity index (χ0v) is 21.3. The molecule has 1 amide bonds. The Bertz CT molecular complexity index is 1210. The van der Waals surface area contributed by atoms with Crippen molar-refractivity contribution in [2.24, 2.45) is 0 Å². The summed E-state index contributed by atoms with van der Waals surface area (Å²) in [5.74, 6) is -0.208. The van der Waals surface area contributed by atoms with Crippen molar-refractivity contribution in [1.82, 2.24) is 19.5 Å². The smallest absolute Gasteiger partial charge is 0.244 e. The number of rotatable bonds is 8. The molecule has 1 N–H and O–H groups in total. The average Bonchev–Trinajstić information content (AvgIpc) is 2.88. The number of carbonyl (C=O) groups excluding carboxylic acids is 1. The first-order chi connectivity index (χ1) is 16.8. The highest BCUT2D eigenvalue weighted by Crippen LogP contribution is 2.25. The summed E-state index contributed by atoms with van der Waals surface area (Å²) >= 11 is 6.04. The number of hydrogen-bond acceptors (Lipinski definition) is 6. The van der Waals surface area contributed by atoms with Crippen LogP contribution in [-0.2, 0) is 14.8 Å². The molecule has 8 nitrogen and oxygen atoms in total. The molecule has 1 fully saturated rings. The molecule has 4 rings (SSSR count). The molecule has 0 spiro atoms. The Morgan fingerprint density at radius 1 is 1.03 bits per heavy atom. The Morgan fingerprint density at radius 3 is 2.37 bits per heavy atom. The molecule has 0 unspecified atom stereocenters. The van der Waals surface area contributed by atoms with Gasteiger partial charge in [-0.25, -0.2) is 12.7 Å². The van der Waals surface area contributed by atoms with Gasteiger partial charge in [-0.05, 0) is 49.3 Å². The molecule has 10 heteroatoms. The largest absolute Gasteiger partial charge is 0.371 e. The number of hydrogen-bond donors (Lipinski definition) is 1. The topological polar surface area (TPSA) is 85.8 Å². The third kappa shape index (κ3) is 6.22. The lowest BCUT2D eigenvalue weighted by molar-refractivity contribution is -0.120. The number of nitrogens with zero attached hydrogens (tertiary/aromatic N) is 4. The lowest BCUT2D eigenvalue weighted by Crippen LogP contribution is -2.46. The molecule has 0 bridgehead atoms. The van der Waals surface area contributed by atoms with E-state index in [4.69, 9.17) is 11.6 Å². The Hall–Kier alpha value is -2.88. The fraction of sp³-hybridized carbons (Fsp3) is 0.360. The number of nitrogens with one attached hydrogen (secondary N) is 1. The number of sulfonamides is 1. The van der Waals surface area contributed by atoms with Crippen LogP contribution in [0.3, 0.4) is 0 Å². The molecule has 2 heterocycles. The van der Waals surface area contributed by atoms with Crippen LogP contribution >= 0.6 is 11.6 Å². The maximum Gasteiger partial charge on any atom is 0.244 e. The number of anilines is 1. The standard InChI is InChI=1S/C25H30ClN5O3S/c1-29(35(33,34)24-5-3-2-4-23(24)26)15-12-25(32)28-20-6-8-21(9-7-20)30-16-18-31(19-17-30)22-10-13-27-14-11-22/h2-6,8,10-11,13-14H,7,9,12,15-19H2,1H3,(H,28,32). The van der Waals surface area contributed by atoms with Crippen molar-refractivity contribution in [2.75, 3.05) is 44.7 Å². The molecule has 1 aromatic carbocycles. The van der Waals surface area contributed by atoms with E-state index in [1.54, 1.807) is 12.1 Å². The summed E-state index contributed by atoms with van der Waals surface area (Å²) in [7, 11) is -2.30. The third-order valence-corrected chi connectivity index (χ3v) is 8.68. The molecular formula is C25H30ClN5O3S. The minimum atomic E-state index is -3.75. The molecule has 0 saturated carbocycles. The van der Waals surface area contributed by atoms with Crippen LogP contribution in [0.1, 0.15) is 19.3 Å². The number of piperazine rings is 1. The van der Waals surface area contributed by atoms with Crippen LogP contribution in [0.25, 0.3) is 0 Å². The molecule has 0 atom stereocenters. The van der Waals surface area contributed by atoms with Crippen molar-refractivity contribution < 1.29 is 13.2 Å². The van der Waals surface area contributed by atoms with Gasteiger partial charge in [0.15, 0.2) is 0 Å². The number of carbonyl (C=O) groups is 1. The molecule has 2 aromatic rings. The molecule has 35 heavy (non-hydrogen) atoms. The molecule has 186 valence electrons. The van der Waals surface area contributed by atoms with Crippen molar-refractivity contribution in [3.05, 3.63) is 77.4 Å². The normalized spacial score (nSPS) is 16.7. The predicted octanol–water partition coefficient (Wildman–Crippen LogP) is 3.25. The van der Waals surface area contributed by atoms with Gasteiger partial charge in [-0.3, -0.25) is 9.78 Å². The van der Waals surface area contributed by atoms with Crippen molar-refractivity contribution in [1.29, 1.82) is 0 Å². The van der Waals surface area contributed by atoms with Gasteiger partial charge < -0.3 is 15.1 Å². The Morgan fingerprint density at radius 2 is 1.71 bits per heavy atom. The first-order valence-electron chi connectivity index (χ1n) is 11.6. The second-order valence-electron chi connectivity index (χ2n) is 8.58. The lowest BCUT2D eigenvalue weighted by Gasteiger charge is -2.39. The van der Waals surface area contributed by atoms with E-state index in [2.05, 4.69) is 26.2 Å². The zero-order valence-electron chi connectivity index (χ0n) is 19.7. The monoisotopic (exact) mass is 515 g/mol. The Balaban J connectivity index is 1.25. The average molecular weight is 516 g/mol. The van der Waals surface area contributed by atoms with Gasteiger partial charge in [0.1, 0.15) is 4.90 Å². The van der Waals surface area contributed by atoms with Gasteiger partial charge in [-0.2, -0.15) is 0 Å². The van der Waals surface area contributed by atoms with E-state index in [1.165, 1.54) is 30.6 Å². The van der Waals surface area contributed by atoms with E-state index >= 15 is 0 Å². The van der Waals surface area contributed by atoms with Crippen LogP contribution < -0.4 is 10.2 Å². The highest BCUT2D eigenvalue weighted by molar-refractivity contribution is 7.89. The lowest BCUT2D eigenvalue weighted by atomic mass is 10.1. The summed E-state index contributed by atoms with van der Waals surface area (Å²) in [5, 5.41) is 3.09. The highest BCUT2D eigenvalue weighted by Gasteiger charge is 2.24. The first-order valence-corrected chi connectivity index (χ1v) is 13.5. The summed E-state index contributed by atoms with van der Waals surface area (Å²) in [5.41, 5.74) is 3.33. The van der Waals surface area contributed by atoms with E-state index in [0.29, 0.717) is 0 Å². The van der Waals surface area contributed by atoms with Gasteiger partial charge in [0, 0.05) is 75.7 Å². The molecule has 2 aliphatic rings. The van der Waals surface area contributed by atoms with Gasteiger partial charge in [0.2, 0.25) is 15.9 Å². The summed E-state index contributed by atoms with van der Waals surface area (Å²) in [6.07, 6.45) is 9.35. The van der Waals surface area contributed by atoms with Crippen LogP contribution in [0.15, 0.2) is 77.2 Å². The number of benzene rings is 1. The van der Waals surface area contributed by atoms with Crippen LogP contribution in [0, 0.1) is 0 Å². The van der Waals surface area contributed by atoms with E-state index < -0.39 is 10.0 Å². The number of halogens is 1. The quantitative estimate of drug-likeness (QED) is 0.581. The van der Waals surface area contributed by atoms with E-state index in [1.807, 2.05) is 30.6 Å². The van der Waals surface area contributed by atoms with E-state index in [-0.39, 0.29) is 28.8 Å². The number of aromatic nitrogens is 1. The second-order valence-corrected chi connectivity index (χ2v) is 11.0. The number of pyridine rings is 1. The summed E-state index contributed by atoms with van der Waals surface area (Å²) < 4.78 is 26.6. The Labute approximate surface area is 211 Å². The molecule has 1 aliphatic carbocycles. The zero-order chi connectivity index (χ0) is 24.8. The van der Waals surface area contributed by atoms with Crippen LogP contribution in [-0.4, -0.2) is 68.3 Å². The minimum Gasteiger partial charge on any atom is -0.371 e. The van der Waals surface area contributed by atoms with Crippen LogP contribution in [0.2, 0.25) is 5.02 Å². The summed E-state index contributed by atoms with van der Waals surface area (Å²) in [6, 6.07) is 10.4. The van der Waals surface area contributed by atoms with E-state index in [0.717, 1.165) is 49.0 Å². The minimum absolute atomic E-state index is 0.0406. The maximum atomic E-state index is 12.7. The molecular weight excluding hydrogens is 486 g/mol. The van der Waals surface area contributed by atoms with Gasteiger partial charge in [0.25, 0.3) is 0 Å². The first kappa shape index (κ1) is 25.2. The molecule has 1 aromatic heterocycles. The van der Waals surface area contributed by atoms with Crippen LogP contribution in [0.5, 0.6) is 0 Å². The molecule has 1 aliphatic heterocycles. The van der Waals surface area contributed by atoms with Crippen molar-refractivity contribution in [3.8, 4) is 0 Å². The van der Waals surface area contributed by atoms with Crippen molar-refractivity contribution >= 4 is 33.2 Å². The molecule has 0 radical (unpaired) electrons. The Kier molecular flexibility index (Phi) is 8.10. The van der Waals surface area contributed by atoms with Gasteiger partial charge >= 0.3 is 0 Å².